The Balaban J connectivity index is 1.49. The molecule has 0 N–H and O–H groups in total. The van der Waals surface area contributed by atoms with Crippen molar-refractivity contribution in [2.24, 2.45) is 28.1 Å². The van der Waals surface area contributed by atoms with E-state index in [0.717, 1.165) is 44.3 Å². The second-order valence-corrected chi connectivity index (χ2v) is 11.2. The summed E-state index contributed by atoms with van der Waals surface area (Å²) in [4.78, 5) is 25.7. The van der Waals surface area contributed by atoms with Crippen LogP contribution in [-0.4, -0.2) is 31.3 Å². The lowest BCUT2D eigenvalue weighted by Gasteiger charge is -2.53. The van der Waals surface area contributed by atoms with Crippen molar-refractivity contribution in [1.82, 2.24) is 0 Å². The summed E-state index contributed by atoms with van der Waals surface area (Å²) >= 11 is 0. The van der Waals surface area contributed by atoms with Crippen LogP contribution < -0.4 is 0 Å². The number of ether oxygens (including phenoxy) is 3. The Hall–Kier alpha value is -2.04. The van der Waals surface area contributed by atoms with E-state index < -0.39 is 23.0 Å². The lowest BCUT2D eigenvalue weighted by Crippen LogP contribution is -2.50. The Morgan fingerprint density at radius 2 is 2.00 bits per heavy atom. The van der Waals surface area contributed by atoms with E-state index in [1.165, 1.54) is 5.57 Å². The summed E-state index contributed by atoms with van der Waals surface area (Å²) in [6.45, 7) is 8.45. The minimum atomic E-state index is -1.20. The molecular formula is C27H36O5. The second-order valence-electron chi connectivity index (χ2n) is 11.2. The Bertz CT molecular complexity index is 959. The zero-order valence-corrected chi connectivity index (χ0v) is 20.1. The fourth-order valence-electron chi connectivity index (χ4n) is 7.73. The van der Waals surface area contributed by atoms with Crippen molar-refractivity contribution >= 4 is 11.9 Å². The van der Waals surface area contributed by atoms with Gasteiger partial charge >= 0.3 is 11.9 Å². The smallest absolute Gasteiger partial charge is 0.323 e. The number of rotatable bonds is 3. The molecule has 4 aliphatic carbocycles. The first-order chi connectivity index (χ1) is 15.1. The number of hydrogen-bond donors (Lipinski definition) is 0. The number of carbonyl (C=O) groups is 2. The Morgan fingerprint density at radius 3 is 2.72 bits per heavy atom. The summed E-state index contributed by atoms with van der Waals surface area (Å²) in [5.74, 6) is 1.13. The first kappa shape index (κ1) is 21.8. The zero-order chi connectivity index (χ0) is 22.9. The molecule has 0 bridgehead atoms. The monoisotopic (exact) mass is 440 g/mol. The average molecular weight is 441 g/mol. The first-order valence-corrected chi connectivity index (χ1v) is 12.2. The maximum absolute atomic E-state index is 13.0. The van der Waals surface area contributed by atoms with Gasteiger partial charge in [0.25, 0.3) is 0 Å². The summed E-state index contributed by atoms with van der Waals surface area (Å²) in [6.07, 6.45) is 13.4. The molecule has 174 valence electrons. The SMILES string of the molecule is CCOC(=O)C1(C)C[C@@]2(CCC3C4CC=C5C=C(OC)CC[C@]5(C)C4=CC[C@@]32C)OC1=O. The molecule has 0 aromatic heterocycles. The Kier molecular flexibility index (Phi) is 4.75. The predicted octanol–water partition coefficient (Wildman–Crippen LogP) is 5.26. The fourth-order valence-corrected chi connectivity index (χ4v) is 7.73. The molecular weight excluding hydrogens is 404 g/mol. The van der Waals surface area contributed by atoms with Gasteiger partial charge in [0.15, 0.2) is 5.41 Å². The van der Waals surface area contributed by atoms with Gasteiger partial charge in [-0.25, -0.2) is 0 Å². The van der Waals surface area contributed by atoms with Crippen LogP contribution >= 0.6 is 0 Å². The van der Waals surface area contributed by atoms with Crippen LogP contribution in [0.25, 0.3) is 0 Å². The Labute approximate surface area is 191 Å². The summed E-state index contributed by atoms with van der Waals surface area (Å²) in [5.41, 5.74) is 1.08. The van der Waals surface area contributed by atoms with Crippen LogP contribution in [0.3, 0.4) is 0 Å². The first-order valence-electron chi connectivity index (χ1n) is 12.2. The highest BCUT2D eigenvalue weighted by atomic mass is 16.6. The molecule has 1 aliphatic heterocycles. The van der Waals surface area contributed by atoms with Crippen molar-refractivity contribution in [1.29, 1.82) is 0 Å². The third-order valence-corrected chi connectivity index (χ3v) is 9.77. The van der Waals surface area contributed by atoms with E-state index in [9.17, 15) is 9.59 Å². The van der Waals surface area contributed by atoms with Crippen molar-refractivity contribution in [3.05, 3.63) is 35.1 Å². The molecule has 5 nitrogen and oxygen atoms in total. The maximum Gasteiger partial charge on any atom is 0.323 e. The number of esters is 2. The Morgan fingerprint density at radius 1 is 1.22 bits per heavy atom. The molecule has 32 heavy (non-hydrogen) atoms. The van der Waals surface area contributed by atoms with E-state index >= 15 is 0 Å². The minimum absolute atomic E-state index is 0.0633. The van der Waals surface area contributed by atoms with Crippen LogP contribution in [0.15, 0.2) is 35.1 Å². The van der Waals surface area contributed by atoms with Crippen molar-refractivity contribution in [3.63, 3.8) is 0 Å². The van der Waals surface area contributed by atoms with Gasteiger partial charge in [-0.05, 0) is 69.4 Å². The number of hydrogen-bond acceptors (Lipinski definition) is 5. The maximum atomic E-state index is 13.0. The highest BCUT2D eigenvalue weighted by molar-refractivity contribution is 6.01. The van der Waals surface area contributed by atoms with Crippen LogP contribution in [0.5, 0.6) is 0 Å². The van der Waals surface area contributed by atoms with Crippen LogP contribution in [0.4, 0.5) is 0 Å². The largest absolute Gasteiger partial charge is 0.501 e. The highest BCUT2D eigenvalue weighted by Gasteiger charge is 2.71. The third kappa shape index (κ3) is 2.63. The van der Waals surface area contributed by atoms with E-state index in [2.05, 4.69) is 32.1 Å². The molecule has 0 radical (unpaired) electrons. The molecule has 2 fully saturated rings. The van der Waals surface area contributed by atoms with Gasteiger partial charge in [0.1, 0.15) is 5.60 Å². The summed E-state index contributed by atoms with van der Waals surface area (Å²) in [7, 11) is 1.76. The van der Waals surface area contributed by atoms with Crippen LogP contribution in [0.1, 0.15) is 72.6 Å². The molecule has 1 heterocycles. The van der Waals surface area contributed by atoms with Crippen molar-refractivity contribution in [2.45, 2.75) is 78.2 Å². The molecule has 1 saturated heterocycles. The average Bonchev–Trinajstić information content (AvgIpc) is 3.20. The normalized spacial score (nSPS) is 44.5. The lowest BCUT2D eigenvalue weighted by molar-refractivity contribution is -0.168. The molecule has 3 unspecified atom stereocenters. The van der Waals surface area contributed by atoms with E-state index in [4.69, 9.17) is 14.2 Å². The van der Waals surface area contributed by atoms with Crippen LogP contribution in [0.2, 0.25) is 0 Å². The summed E-state index contributed by atoms with van der Waals surface area (Å²) in [6, 6.07) is 0. The summed E-state index contributed by atoms with van der Waals surface area (Å²) in [5, 5.41) is 0. The number of methoxy groups -OCH3 is 1. The van der Waals surface area contributed by atoms with Gasteiger partial charge in [0.05, 0.1) is 19.5 Å². The van der Waals surface area contributed by atoms with Gasteiger partial charge in [0.2, 0.25) is 0 Å². The van der Waals surface area contributed by atoms with Gasteiger partial charge in [-0.3, -0.25) is 9.59 Å². The molecule has 0 amide bonds. The second kappa shape index (κ2) is 6.98. The quantitative estimate of drug-likeness (QED) is 0.340. The number of carbonyl (C=O) groups excluding carboxylic acids is 2. The van der Waals surface area contributed by atoms with Crippen molar-refractivity contribution in [3.8, 4) is 0 Å². The molecule has 5 heteroatoms. The van der Waals surface area contributed by atoms with Crippen molar-refractivity contribution in [2.75, 3.05) is 13.7 Å². The van der Waals surface area contributed by atoms with E-state index in [1.807, 2.05) is 0 Å². The van der Waals surface area contributed by atoms with Crippen LogP contribution in [0, 0.1) is 28.1 Å². The molecule has 0 aromatic carbocycles. The van der Waals surface area contributed by atoms with Gasteiger partial charge in [-0.1, -0.05) is 31.6 Å². The van der Waals surface area contributed by atoms with Gasteiger partial charge < -0.3 is 14.2 Å². The van der Waals surface area contributed by atoms with Crippen LogP contribution in [-0.2, 0) is 23.8 Å². The third-order valence-electron chi connectivity index (χ3n) is 9.77. The lowest BCUT2D eigenvalue weighted by atomic mass is 9.51. The molecule has 1 spiro atoms. The van der Waals surface area contributed by atoms with Gasteiger partial charge in [-0.2, -0.15) is 0 Å². The number of fused-ring (bicyclic) bond motifs is 6. The predicted molar refractivity (Wildman–Crippen MR) is 120 cm³/mol. The topological polar surface area (TPSA) is 61.8 Å². The molecule has 1 saturated carbocycles. The highest BCUT2D eigenvalue weighted by Crippen LogP contribution is 2.69. The molecule has 5 rings (SSSR count). The summed E-state index contributed by atoms with van der Waals surface area (Å²) < 4.78 is 17.0. The zero-order valence-electron chi connectivity index (χ0n) is 20.1. The van der Waals surface area contributed by atoms with Gasteiger partial charge in [0, 0.05) is 23.7 Å². The molecule has 5 aliphatic rings. The van der Waals surface area contributed by atoms with Gasteiger partial charge in [-0.15, -0.1) is 0 Å². The molecule has 6 atom stereocenters. The van der Waals surface area contributed by atoms with E-state index in [0.29, 0.717) is 18.3 Å². The minimum Gasteiger partial charge on any atom is -0.501 e. The van der Waals surface area contributed by atoms with E-state index in [-0.39, 0.29) is 17.4 Å². The standard InChI is InChI=1S/C27H36O5/c1-6-31-22(28)25(3)16-27(32-23(25)29)14-11-21-19-8-7-17-15-18(30-5)9-12-24(17,2)20(19)10-13-26(21,27)4/h7,10,15,19,21H,6,8-9,11-14,16H2,1-5H3/t19?,21?,24-,25?,26-,27+/m0/s1. The van der Waals surface area contributed by atoms with Crippen molar-refractivity contribution < 1.29 is 23.8 Å². The molecule has 0 aromatic rings. The number of allylic oxidation sites excluding steroid dienone is 6. The fraction of sp³-hybridized carbons (Fsp3) is 0.704. The van der Waals surface area contributed by atoms with E-state index in [1.54, 1.807) is 26.5 Å².